The summed E-state index contributed by atoms with van der Waals surface area (Å²) in [7, 11) is 0. The van der Waals surface area contributed by atoms with Crippen LogP contribution >= 0.6 is 34.4 Å². The summed E-state index contributed by atoms with van der Waals surface area (Å²) >= 11 is 3.58. The van der Waals surface area contributed by atoms with Crippen molar-refractivity contribution in [3.63, 3.8) is 0 Å². The fourth-order valence-electron chi connectivity index (χ4n) is 1.73. The van der Waals surface area contributed by atoms with Gasteiger partial charge in [0.2, 0.25) is 5.91 Å². The van der Waals surface area contributed by atoms with Crippen molar-refractivity contribution in [1.29, 1.82) is 0 Å². The predicted octanol–water partition coefficient (Wildman–Crippen LogP) is 2.88. The van der Waals surface area contributed by atoms with Gasteiger partial charge >= 0.3 is 0 Å². The molecule has 1 saturated heterocycles. The molecule has 0 saturated carbocycles. The first-order chi connectivity index (χ1) is 10.6. The van der Waals surface area contributed by atoms with Gasteiger partial charge in [-0.1, -0.05) is 6.07 Å². The Morgan fingerprint density at radius 2 is 2.18 bits per heavy atom. The van der Waals surface area contributed by atoms with Crippen LogP contribution in [0.1, 0.15) is 4.88 Å². The van der Waals surface area contributed by atoms with Crippen LogP contribution in [0.5, 0.6) is 0 Å². The number of nitrogens with zero attached hydrogens (tertiary/aromatic N) is 2. The number of carbonyl (C=O) groups excluding carboxylic acids is 3. The summed E-state index contributed by atoms with van der Waals surface area (Å²) < 4.78 is 0. The third-order valence-electron chi connectivity index (χ3n) is 2.67. The van der Waals surface area contributed by atoms with Crippen molar-refractivity contribution >= 4 is 62.7 Å². The van der Waals surface area contributed by atoms with Gasteiger partial charge in [-0.15, -0.1) is 22.7 Å². The Morgan fingerprint density at radius 3 is 2.86 bits per heavy atom. The number of thiazole rings is 1. The Kier molecular flexibility index (Phi) is 4.36. The topological polar surface area (TPSA) is 79.4 Å². The summed E-state index contributed by atoms with van der Waals surface area (Å²) in [6.45, 7) is -0.313. The molecule has 0 aliphatic carbocycles. The average molecular weight is 351 g/mol. The van der Waals surface area contributed by atoms with Crippen molar-refractivity contribution in [2.24, 2.45) is 0 Å². The van der Waals surface area contributed by atoms with Gasteiger partial charge in [0.05, 0.1) is 4.91 Å². The molecule has 112 valence electrons. The van der Waals surface area contributed by atoms with Crippen molar-refractivity contribution in [2.45, 2.75) is 0 Å². The lowest BCUT2D eigenvalue weighted by atomic mass is 10.3. The molecule has 0 bridgehead atoms. The number of hydrogen-bond acceptors (Lipinski definition) is 7. The van der Waals surface area contributed by atoms with Gasteiger partial charge in [-0.2, -0.15) is 0 Å². The number of imide groups is 1. The monoisotopic (exact) mass is 351 g/mol. The normalized spacial score (nSPS) is 16.5. The average Bonchev–Trinajstić information content (AvgIpc) is 3.20. The minimum Gasteiger partial charge on any atom is -0.300 e. The molecule has 9 heteroatoms. The molecule has 1 aliphatic heterocycles. The van der Waals surface area contributed by atoms with Crippen LogP contribution in [0.4, 0.5) is 9.93 Å². The number of anilines is 1. The summed E-state index contributed by atoms with van der Waals surface area (Å²) in [5.41, 5.74) is 0. The molecule has 1 aliphatic rings. The molecule has 0 radical (unpaired) electrons. The number of nitrogens with one attached hydrogen (secondary N) is 1. The van der Waals surface area contributed by atoms with Gasteiger partial charge in [-0.05, 0) is 29.3 Å². The number of rotatable bonds is 4. The lowest BCUT2D eigenvalue weighted by molar-refractivity contribution is -0.127. The zero-order valence-corrected chi connectivity index (χ0v) is 13.5. The van der Waals surface area contributed by atoms with Crippen LogP contribution in [0.2, 0.25) is 0 Å². The Morgan fingerprint density at radius 1 is 1.32 bits per heavy atom. The van der Waals surface area contributed by atoms with E-state index < -0.39 is 17.1 Å². The van der Waals surface area contributed by atoms with E-state index in [4.69, 9.17) is 0 Å². The van der Waals surface area contributed by atoms with Crippen molar-refractivity contribution in [3.05, 3.63) is 38.9 Å². The van der Waals surface area contributed by atoms with Crippen molar-refractivity contribution in [3.8, 4) is 0 Å². The van der Waals surface area contributed by atoms with Crippen LogP contribution in [0.15, 0.2) is 34.0 Å². The molecule has 0 unspecified atom stereocenters. The number of thioether (sulfide) groups is 1. The summed E-state index contributed by atoms with van der Waals surface area (Å²) in [5, 5.41) is 6.15. The molecule has 6 nitrogen and oxygen atoms in total. The molecule has 2 aromatic heterocycles. The minimum atomic E-state index is -0.449. The minimum absolute atomic E-state index is 0.313. The molecule has 1 fully saturated rings. The van der Waals surface area contributed by atoms with Gasteiger partial charge < -0.3 is 5.32 Å². The van der Waals surface area contributed by atoms with Gasteiger partial charge in [0.1, 0.15) is 6.54 Å². The molecule has 3 amide bonds. The van der Waals surface area contributed by atoms with E-state index in [1.165, 1.54) is 22.7 Å². The first-order valence-corrected chi connectivity index (χ1v) is 8.69. The lowest BCUT2D eigenvalue weighted by Crippen LogP contribution is -2.36. The maximum atomic E-state index is 12.2. The number of carbonyl (C=O) groups is 3. The Balaban J connectivity index is 1.68. The van der Waals surface area contributed by atoms with Gasteiger partial charge in [0.15, 0.2) is 5.13 Å². The summed E-state index contributed by atoms with van der Waals surface area (Å²) in [6.07, 6.45) is 3.22. The zero-order chi connectivity index (χ0) is 15.5. The zero-order valence-electron chi connectivity index (χ0n) is 11.0. The summed E-state index contributed by atoms with van der Waals surface area (Å²) in [6, 6.07) is 3.72. The van der Waals surface area contributed by atoms with E-state index in [2.05, 4.69) is 10.3 Å². The molecule has 0 aromatic carbocycles. The van der Waals surface area contributed by atoms with Crippen LogP contribution in [-0.2, 0) is 9.59 Å². The van der Waals surface area contributed by atoms with Crippen LogP contribution in [0.25, 0.3) is 6.08 Å². The third kappa shape index (κ3) is 3.26. The fourth-order valence-corrected chi connectivity index (χ4v) is 3.83. The number of thiophene rings is 1. The highest BCUT2D eigenvalue weighted by Gasteiger charge is 2.36. The number of hydrogen-bond donors (Lipinski definition) is 1. The third-order valence-corrected chi connectivity index (χ3v) is 5.09. The second kappa shape index (κ2) is 6.42. The molecule has 22 heavy (non-hydrogen) atoms. The highest BCUT2D eigenvalue weighted by Crippen LogP contribution is 2.32. The summed E-state index contributed by atoms with van der Waals surface area (Å²) in [4.78, 5) is 42.0. The predicted molar refractivity (Wildman–Crippen MR) is 87.7 cm³/mol. The summed E-state index contributed by atoms with van der Waals surface area (Å²) in [5.74, 6) is -0.896. The Hall–Kier alpha value is -1.97. The molecule has 1 N–H and O–H groups in total. The van der Waals surface area contributed by atoms with Crippen molar-refractivity contribution < 1.29 is 14.4 Å². The van der Waals surface area contributed by atoms with E-state index >= 15 is 0 Å². The fraction of sp³-hybridized carbons (Fsp3) is 0.0769. The van der Waals surface area contributed by atoms with E-state index in [1.807, 2.05) is 17.5 Å². The molecular weight excluding hydrogens is 342 g/mol. The van der Waals surface area contributed by atoms with Gasteiger partial charge in [0, 0.05) is 16.5 Å². The highest BCUT2D eigenvalue weighted by molar-refractivity contribution is 8.18. The highest BCUT2D eigenvalue weighted by atomic mass is 32.2. The first kappa shape index (κ1) is 14.9. The Bertz CT molecular complexity index is 738. The molecule has 0 atom stereocenters. The maximum Gasteiger partial charge on any atom is 0.294 e. The van der Waals surface area contributed by atoms with Crippen LogP contribution in [0.3, 0.4) is 0 Å². The van der Waals surface area contributed by atoms with Crippen LogP contribution in [0, 0.1) is 0 Å². The lowest BCUT2D eigenvalue weighted by Gasteiger charge is -2.11. The molecule has 2 aromatic rings. The van der Waals surface area contributed by atoms with E-state index in [-0.39, 0.29) is 6.54 Å². The SMILES string of the molecule is O=C(CN1C(=O)S/C(=C\c2cccs2)C1=O)Nc1nccs1. The van der Waals surface area contributed by atoms with E-state index in [0.29, 0.717) is 10.0 Å². The Labute approximate surface area is 137 Å². The smallest absolute Gasteiger partial charge is 0.294 e. The number of amides is 3. The molecule has 3 rings (SSSR count). The van der Waals surface area contributed by atoms with Crippen LogP contribution < -0.4 is 5.32 Å². The quantitative estimate of drug-likeness (QED) is 0.857. The van der Waals surface area contributed by atoms with Gasteiger partial charge in [-0.3, -0.25) is 19.3 Å². The standard InChI is InChI=1S/C13H9N3O3S3/c17-10(15-12-14-3-5-21-12)7-16-11(18)9(22-13(16)19)6-8-2-1-4-20-8/h1-6H,7H2,(H,14,15,17)/b9-6-. The second-order valence-electron chi connectivity index (χ2n) is 4.17. The van der Waals surface area contributed by atoms with Crippen LogP contribution in [-0.4, -0.2) is 33.5 Å². The van der Waals surface area contributed by atoms with E-state index in [9.17, 15) is 14.4 Å². The van der Waals surface area contributed by atoms with Crippen molar-refractivity contribution in [2.75, 3.05) is 11.9 Å². The molecule has 3 heterocycles. The van der Waals surface area contributed by atoms with Gasteiger partial charge in [0.25, 0.3) is 11.1 Å². The van der Waals surface area contributed by atoms with Gasteiger partial charge in [-0.25, -0.2) is 4.98 Å². The number of aromatic nitrogens is 1. The maximum absolute atomic E-state index is 12.2. The second-order valence-corrected chi connectivity index (χ2v) is 7.04. The molecular formula is C13H9N3O3S3. The largest absolute Gasteiger partial charge is 0.300 e. The first-order valence-electron chi connectivity index (χ1n) is 6.12. The molecule has 0 spiro atoms. The van der Waals surface area contributed by atoms with Crippen molar-refractivity contribution in [1.82, 2.24) is 9.88 Å². The van der Waals surface area contributed by atoms with E-state index in [1.54, 1.807) is 17.7 Å². The van der Waals surface area contributed by atoms with E-state index in [0.717, 1.165) is 21.5 Å².